The maximum atomic E-state index is 12.4. The summed E-state index contributed by atoms with van der Waals surface area (Å²) in [5, 5.41) is 15.1. The van der Waals surface area contributed by atoms with Crippen LogP contribution in [0.15, 0.2) is 48.3 Å². The van der Waals surface area contributed by atoms with Crippen molar-refractivity contribution in [1.29, 1.82) is 5.26 Å². The van der Waals surface area contributed by atoms with Gasteiger partial charge in [-0.25, -0.2) is 9.97 Å². The van der Waals surface area contributed by atoms with E-state index in [4.69, 9.17) is 5.26 Å². The molecule has 0 aliphatic heterocycles. The van der Waals surface area contributed by atoms with Crippen molar-refractivity contribution < 1.29 is 4.79 Å². The quantitative estimate of drug-likeness (QED) is 0.773. The molecule has 6 nitrogen and oxygen atoms in total. The van der Waals surface area contributed by atoms with E-state index in [1.807, 2.05) is 0 Å². The fourth-order valence-electron chi connectivity index (χ4n) is 2.94. The minimum Gasteiger partial charge on any atom is -0.370 e. The first-order valence-electron chi connectivity index (χ1n) is 8.80. The number of carbonyl (C=O) groups is 1. The molecule has 1 heterocycles. The van der Waals surface area contributed by atoms with Crippen LogP contribution < -0.4 is 10.6 Å². The molecule has 0 bridgehead atoms. The largest absolute Gasteiger partial charge is 0.370 e. The molecule has 1 amide bonds. The van der Waals surface area contributed by atoms with E-state index in [0.717, 1.165) is 13.0 Å². The summed E-state index contributed by atoms with van der Waals surface area (Å²) in [4.78, 5) is 20.6. The number of benzene rings is 1. The number of nitriles is 1. The van der Waals surface area contributed by atoms with Crippen LogP contribution in [0.2, 0.25) is 0 Å². The standard InChI is InChI=1S/C20H21N5O/c21-13-16-8-4-5-9-17(16)25-20(26)18-12-19(24-14-23-18)22-11-10-15-6-2-1-3-7-15/h4-6,8-9,12,14H,1-3,7,10-11H2,(H,25,26)(H,22,23,24). The van der Waals surface area contributed by atoms with Crippen molar-refractivity contribution in [1.82, 2.24) is 9.97 Å². The predicted octanol–water partition coefficient (Wildman–Crippen LogP) is 3.90. The van der Waals surface area contributed by atoms with Crippen LogP contribution in [0.4, 0.5) is 11.5 Å². The van der Waals surface area contributed by atoms with Crippen molar-refractivity contribution >= 4 is 17.4 Å². The van der Waals surface area contributed by atoms with Gasteiger partial charge >= 0.3 is 0 Å². The topological polar surface area (TPSA) is 90.7 Å². The molecule has 0 unspecified atom stereocenters. The molecule has 0 saturated heterocycles. The summed E-state index contributed by atoms with van der Waals surface area (Å²) < 4.78 is 0. The molecule has 3 rings (SSSR count). The second kappa shape index (κ2) is 8.77. The lowest BCUT2D eigenvalue weighted by Crippen LogP contribution is -2.15. The van der Waals surface area contributed by atoms with Gasteiger partial charge in [0.1, 0.15) is 23.9 Å². The van der Waals surface area contributed by atoms with Crippen LogP contribution in [-0.2, 0) is 0 Å². The maximum absolute atomic E-state index is 12.4. The number of para-hydroxylation sites is 1. The first-order chi connectivity index (χ1) is 12.8. The van der Waals surface area contributed by atoms with Gasteiger partial charge in [-0.05, 0) is 44.2 Å². The third-order valence-electron chi connectivity index (χ3n) is 4.33. The Bertz CT molecular complexity index is 853. The summed E-state index contributed by atoms with van der Waals surface area (Å²) in [6.45, 7) is 0.779. The first-order valence-corrected chi connectivity index (χ1v) is 8.80. The highest BCUT2D eigenvalue weighted by molar-refractivity contribution is 6.03. The van der Waals surface area contributed by atoms with E-state index in [1.54, 1.807) is 30.3 Å². The Balaban J connectivity index is 1.60. The van der Waals surface area contributed by atoms with E-state index in [2.05, 4.69) is 32.7 Å². The molecule has 1 aliphatic rings. The molecule has 6 heteroatoms. The number of anilines is 2. The van der Waals surface area contributed by atoms with Crippen molar-refractivity contribution in [3.05, 3.63) is 59.6 Å². The van der Waals surface area contributed by atoms with Crippen LogP contribution in [0, 0.1) is 11.3 Å². The van der Waals surface area contributed by atoms with Crippen molar-refractivity contribution in [2.45, 2.75) is 32.1 Å². The van der Waals surface area contributed by atoms with Crippen LogP contribution >= 0.6 is 0 Å². The van der Waals surface area contributed by atoms with E-state index < -0.39 is 0 Å². The van der Waals surface area contributed by atoms with E-state index in [1.165, 1.54) is 37.6 Å². The molecular formula is C20H21N5O. The van der Waals surface area contributed by atoms with Gasteiger partial charge in [0.25, 0.3) is 5.91 Å². The smallest absolute Gasteiger partial charge is 0.274 e. The molecule has 1 aromatic heterocycles. The van der Waals surface area contributed by atoms with Crippen LogP contribution in [0.25, 0.3) is 0 Å². The fraction of sp³-hybridized carbons (Fsp3) is 0.300. The Hall–Kier alpha value is -3.20. The molecule has 0 spiro atoms. The van der Waals surface area contributed by atoms with E-state index in [0.29, 0.717) is 17.1 Å². The zero-order valence-electron chi connectivity index (χ0n) is 14.5. The molecule has 0 fully saturated rings. The normalized spacial score (nSPS) is 13.4. The van der Waals surface area contributed by atoms with Gasteiger partial charge in [0.05, 0.1) is 11.3 Å². The van der Waals surface area contributed by atoms with Gasteiger partial charge in [0.15, 0.2) is 0 Å². The van der Waals surface area contributed by atoms with Gasteiger partial charge in [-0.2, -0.15) is 5.26 Å². The molecule has 26 heavy (non-hydrogen) atoms. The second-order valence-corrected chi connectivity index (χ2v) is 6.18. The predicted molar refractivity (Wildman–Crippen MR) is 101 cm³/mol. The highest BCUT2D eigenvalue weighted by Gasteiger charge is 2.11. The molecule has 132 valence electrons. The van der Waals surface area contributed by atoms with Crippen molar-refractivity contribution in [2.24, 2.45) is 0 Å². The number of allylic oxidation sites excluding steroid dienone is 1. The minimum absolute atomic E-state index is 0.257. The number of nitrogens with zero attached hydrogens (tertiary/aromatic N) is 3. The summed E-state index contributed by atoms with van der Waals surface area (Å²) in [6, 6.07) is 10.5. The third-order valence-corrected chi connectivity index (χ3v) is 4.33. The van der Waals surface area contributed by atoms with Crippen molar-refractivity contribution in [3.8, 4) is 6.07 Å². The molecule has 0 saturated carbocycles. The lowest BCUT2D eigenvalue weighted by Gasteiger charge is -2.13. The van der Waals surface area contributed by atoms with E-state index >= 15 is 0 Å². The summed E-state index contributed by atoms with van der Waals surface area (Å²) in [7, 11) is 0. The fourth-order valence-corrected chi connectivity index (χ4v) is 2.94. The van der Waals surface area contributed by atoms with Gasteiger partial charge < -0.3 is 10.6 Å². The lowest BCUT2D eigenvalue weighted by molar-refractivity contribution is 0.102. The van der Waals surface area contributed by atoms with Crippen LogP contribution in [0.3, 0.4) is 0 Å². The molecule has 0 radical (unpaired) electrons. The Kier molecular flexibility index (Phi) is 5.94. The Morgan fingerprint density at radius 2 is 2.12 bits per heavy atom. The zero-order valence-corrected chi connectivity index (χ0v) is 14.5. The number of aromatic nitrogens is 2. The highest BCUT2D eigenvalue weighted by atomic mass is 16.1. The number of amides is 1. The van der Waals surface area contributed by atoms with Gasteiger partial charge in [-0.15, -0.1) is 0 Å². The van der Waals surface area contributed by atoms with Crippen molar-refractivity contribution in [2.75, 3.05) is 17.2 Å². The van der Waals surface area contributed by atoms with Gasteiger partial charge in [0, 0.05) is 12.6 Å². The maximum Gasteiger partial charge on any atom is 0.274 e. The summed E-state index contributed by atoms with van der Waals surface area (Å²) in [6.07, 6.45) is 9.60. The molecule has 1 aromatic carbocycles. The highest BCUT2D eigenvalue weighted by Crippen LogP contribution is 2.20. The van der Waals surface area contributed by atoms with Crippen LogP contribution in [0.1, 0.15) is 48.2 Å². The molecule has 1 aliphatic carbocycles. The van der Waals surface area contributed by atoms with Gasteiger partial charge in [-0.1, -0.05) is 23.8 Å². The van der Waals surface area contributed by atoms with Crippen LogP contribution in [-0.4, -0.2) is 22.4 Å². The third kappa shape index (κ3) is 4.67. The lowest BCUT2D eigenvalue weighted by atomic mass is 9.97. The van der Waals surface area contributed by atoms with Gasteiger partial charge in [0.2, 0.25) is 0 Å². The summed E-state index contributed by atoms with van der Waals surface area (Å²) >= 11 is 0. The van der Waals surface area contributed by atoms with E-state index in [9.17, 15) is 4.79 Å². The monoisotopic (exact) mass is 347 g/mol. The second-order valence-electron chi connectivity index (χ2n) is 6.18. The number of hydrogen-bond donors (Lipinski definition) is 2. The number of nitrogens with one attached hydrogen (secondary N) is 2. The van der Waals surface area contributed by atoms with Crippen LogP contribution in [0.5, 0.6) is 0 Å². The average Bonchev–Trinajstić information content (AvgIpc) is 2.69. The number of hydrogen-bond acceptors (Lipinski definition) is 5. The minimum atomic E-state index is -0.367. The summed E-state index contributed by atoms with van der Waals surface area (Å²) in [5.74, 6) is 0.253. The zero-order chi connectivity index (χ0) is 18.2. The first kappa shape index (κ1) is 17.6. The Labute approximate surface area is 153 Å². The Morgan fingerprint density at radius 3 is 2.92 bits per heavy atom. The molecule has 2 N–H and O–H groups in total. The molecular weight excluding hydrogens is 326 g/mol. The Morgan fingerprint density at radius 1 is 1.23 bits per heavy atom. The summed E-state index contributed by atoms with van der Waals surface area (Å²) in [5.41, 5.74) is 2.63. The van der Waals surface area contributed by atoms with E-state index in [-0.39, 0.29) is 11.6 Å². The molecule has 2 aromatic rings. The number of rotatable bonds is 6. The van der Waals surface area contributed by atoms with Crippen molar-refractivity contribution in [3.63, 3.8) is 0 Å². The average molecular weight is 347 g/mol. The van der Waals surface area contributed by atoms with Gasteiger partial charge in [-0.3, -0.25) is 4.79 Å². The molecule has 0 atom stereocenters. The number of carbonyl (C=O) groups excluding carboxylic acids is 1. The SMILES string of the molecule is N#Cc1ccccc1NC(=O)c1cc(NCCC2=CCCCC2)ncn1.